The second-order valence-corrected chi connectivity index (χ2v) is 5.32. The molecule has 1 rings (SSSR count). The van der Waals surface area contributed by atoms with Gasteiger partial charge in [-0.3, -0.25) is 4.79 Å². The summed E-state index contributed by atoms with van der Waals surface area (Å²) in [5.74, 6) is -0.224. The third-order valence-electron chi connectivity index (χ3n) is 2.83. The molecule has 0 aromatic carbocycles. The van der Waals surface area contributed by atoms with Gasteiger partial charge in [0.1, 0.15) is 0 Å². The van der Waals surface area contributed by atoms with Gasteiger partial charge in [0.25, 0.3) is 5.91 Å². The van der Waals surface area contributed by atoms with Crippen LogP contribution < -0.4 is 5.32 Å². The summed E-state index contributed by atoms with van der Waals surface area (Å²) >= 11 is 0. The molecule has 0 saturated carbocycles. The van der Waals surface area contributed by atoms with E-state index in [0.717, 1.165) is 0 Å². The molecule has 0 aliphatic rings. The van der Waals surface area contributed by atoms with Crippen LogP contribution in [-0.4, -0.2) is 80.3 Å². The molecule has 0 aliphatic heterocycles. The minimum absolute atomic E-state index is 0.0661. The summed E-state index contributed by atoms with van der Waals surface area (Å²) < 4.78 is 22.5. The fraction of sp³-hybridized carbons (Fsp3) is 0.800. The number of rotatable bonds is 14. The predicted molar refractivity (Wildman–Crippen MR) is 87.0 cm³/mol. The SMILES string of the molecule is COCCOCCOCCOCCn1cc(C(=O)NC(C)C)nn1. The average Bonchev–Trinajstić information content (AvgIpc) is 3.01. The highest BCUT2D eigenvalue weighted by Crippen LogP contribution is 1.95. The Bertz CT molecular complexity index is 453. The Morgan fingerprint density at radius 2 is 1.67 bits per heavy atom. The van der Waals surface area contributed by atoms with E-state index in [1.165, 1.54) is 0 Å². The Kier molecular flexibility index (Phi) is 10.9. The van der Waals surface area contributed by atoms with Gasteiger partial charge in [-0.1, -0.05) is 5.21 Å². The van der Waals surface area contributed by atoms with Crippen molar-refractivity contribution >= 4 is 5.91 Å². The molecule has 24 heavy (non-hydrogen) atoms. The molecule has 1 N–H and O–H groups in total. The molecule has 0 radical (unpaired) electrons. The number of carbonyl (C=O) groups is 1. The van der Waals surface area contributed by atoms with Gasteiger partial charge in [-0.25, -0.2) is 4.68 Å². The van der Waals surface area contributed by atoms with Gasteiger partial charge in [0, 0.05) is 13.2 Å². The summed E-state index contributed by atoms with van der Waals surface area (Å²) in [5.41, 5.74) is 0.306. The maximum Gasteiger partial charge on any atom is 0.273 e. The Balaban J connectivity index is 2.00. The lowest BCUT2D eigenvalue weighted by molar-refractivity contribution is 0.00244. The zero-order chi connectivity index (χ0) is 17.6. The smallest absolute Gasteiger partial charge is 0.273 e. The van der Waals surface area contributed by atoms with E-state index < -0.39 is 0 Å². The first-order chi connectivity index (χ1) is 11.6. The molecule has 0 aliphatic carbocycles. The van der Waals surface area contributed by atoms with E-state index in [9.17, 15) is 4.79 Å². The Hall–Kier alpha value is -1.55. The standard InChI is InChI=1S/C15H28N4O5/c1-13(2)16-15(20)14-12-19(18-17-14)4-5-22-8-9-24-11-10-23-7-6-21-3/h12-13H,4-11H2,1-3H3,(H,16,20). The zero-order valence-corrected chi connectivity index (χ0v) is 14.7. The van der Waals surface area contributed by atoms with Crippen LogP contribution >= 0.6 is 0 Å². The molecule has 0 fully saturated rings. The van der Waals surface area contributed by atoms with Crippen LogP contribution in [0.1, 0.15) is 24.3 Å². The second kappa shape index (κ2) is 12.8. The number of hydrogen-bond donors (Lipinski definition) is 1. The highest BCUT2D eigenvalue weighted by atomic mass is 16.6. The van der Waals surface area contributed by atoms with Gasteiger partial charge in [0.2, 0.25) is 0 Å². The molecule has 1 aromatic heterocycles. The van der Waals surface area contributed by atoms with Gasteiger partial charge in [-0.2, -0.15) is 0 Å². The van der Waals surface area contributed by atoms with Gasteiger partial charge in [-0.05, 0) is 13.8 Å². The van der Waals surface area contributed by atoms with Crippen molar-refractivity contribution in [2.75, 3.05) is 53.4 Å². The van der Waals surface area contributed by atoms with E-state index in [2.05, 4.69) is 15.6 Å². The number of carbonyl (C=O) groups excluding carboxylic acids is 1. The van der Waals surface area contributed by atoms with E-state index in [1.54, 1.807) is 18.0 Å². The van der Waals surface area contributed by atoms with Crippen LogP contribution in [0.4, 0.5) is 0 Å². The largest absolute Gasteiger partial charge is 0.382 e. The first kappa shape index (κ1) is 20.5. The Morgan fingerprint density at radius 3 is 2.25 bits per heavy atom. The van der Waals surface area contributed by atoms with Crippen molar-refractivity contribution in [1.82, 2.24) is 20.3 Å². The minimum Gasteiger partial charge on any atom is -0.382 e. The van der Waals surface area contributed by atoms with Gasteiger partial charge in [0.15, 0.2) is 5.69 Å². The molecule has 9 nitrogen and oxygen atoms in total. The number of nitrogens with zero attached hydrogens (tertiary/aromatic N) is 3. The van der Waals surface area contributed by atoms with Gasteiger partial charge in [-0.15, -0.1) is 5.10 Å². The molecule has 138 valence electrons. The number of amides is 1. The molecule has 0 spiro atoms. The summed E-state index contributed by atoms with van der Waals surface area (Å²) in [4.78, 5) is 11.7. The predicted octanol–water partition coefficient (Wildman–Crippen LogP) is 0.113. The van der Waals surface area contributed by atoms with Crippen molar-refractivity contribution in [3.8, 4) is 0 Å². The maximum atomic E-state index is 11.7. The van der Waals surface area contributed by atoms with E-state index in [1.807, 2.05) is 13.8 Å². The average molecular weight is 344 g/mol. The van der Waals surface area contributed by atoms with Crippen LogP contribution in [0.15, 0.2) is 6.20 Å². The summed E-state index contributed by atoms with van der Waals surface area (Å²) in [6.45, 7) is 8.03. The molecule has 1 aromatic rings. The van der Waals surface area contributed by atoms with Crippen LogP contribution in [0.25, 0.3) is 0 Å². The molecular formula is C15H28N4O5. The van der Waals surface area contributed by atoms with E-state index in [-0.39, 0.29) is 11.9 Å². The zero-order valence-electron chi connectivity index (χ0n) is 14.7. The normalized spacial score (nSPS) is 11.2. The van der Waals surface area contributed by atoms with Crippen molar-refractivity contribution in [2.45, 2.75) is 26.4 Å². The lowest BCUT2D eigenvalue weighted by Gasteiger charge is -2.06. The van der Waals surface area contributed by atoms with Gasteiger partial charge >= 0.3 is 0 Å². The summed E-state index contributed by atoms with van der Waals surface area (Å²) in [6, 6.07) is 0.0661. The molecule has 1 amide bonds. The summed E-state index contributed by atoms with van der Waals surface area (Å²) in [5, 5.41) is 10.5. The van der Waals surface area contributed by atoms with Gasteiger partial charge in [0.05, 0.1) is 59.0 Å². The van der Waals surface area contributed by atoms with Crippen molar-refractivity contribution in [1.29, 1.82) is 0 Å². The van der Waals surface area contributed by atoms with Crippen LogP contribution in [0.2, 0.25) is 0 Å². The van der Waals surface area contributed by atoms with E-state index in [4.69, 9.17) is 18.9 Å². The summed E-state index contributed by atoms with van der Waals surface area (Å²) in [6.07, 6.45) is 1.61. The van der Waals surface area contributed by atoms with Crippen molar-refractivity contribution in [2.24, 2.45) is 0 Å². The van der Waals surface area contributed by atoms with Crippen LogP contribution in [0, 0.1) is 0 Å². The van der Waals surface area contributed by atoms with E-state index >= 15 is 0 Å². The van der Waals surface area contributed by atoms with Crippen molar-refractivity contribution in [3.63, 3.8) is 0 Å². The molecular weight excluding hydrogens is 316 g/mol. The number of ether oxygens (including phenoxy) is 4. The minimum atomic E-state index is -0.224. The number of methoxy groups -OCH3 is 1. The first-order valence-corrected chi connectivity index (χ1v) is 8.06. The topological polar surface area (TPSA) is 96.7 Å². The molecule has 0 unspecified atom stereocenters. The highest BCUT2D eigenvalue weighted by molar-refractivity contribution is 5.91. The summed E-state index contributed by atoms with van der Waals surface area (Å²) in [7, 11) is 1.64. The monoisotopic (exact) mass is 344 g/mol. The Labute approximate surface area is 142 Å². The van der Waals surface area contributed by atoms with Gasteiger partial charge < -0.3 is 24.3 Å². The van der Waals surface area contributed by atoms with Crippen molar-refractivity contribution in [3.05, 3.63) is 11.9 Å². The molecule has 0 atom stereocenters. The quantitative estimate of drug-likeness (QED) is 0.479. The van der Waals surface area contributed by atoms with E-state index in [0.29, 0.717) is 58.5 Å². The van der Waals surface area contributed by atoms with Crippen LogP contribution in [0.3, 0.4) is 0 Å². The molecule has 9 heteroatoms. The maximum absolute atomic E-state index is 11.7. The van der Waals surface area contributed by atoms with Crippen LogP contribution in [-0.2, 0) is 25.5 Å². The second-order valence-electron chi connectivity index (χ2n) is 5.32. The third-order valence-corrected chi connectivity index (χ3v) is 2.83. The van der Waals surface area contributed by atoms with Crippen molar-refractivity contribution < 1.29 is 23.7 Å². The highest BCUT2D eigenvalue weighted by Gasteiger charge is 2.11. The fourth-order valence-corrected chi connectivity index (χ4v) is 1.69. The third kappa shape index (κ3) is 9.56. The van der Waals surface area contributed by atoms with Crippen LogP contribution in [0.5, 0.6) is 0 Å². The molecule has 1 heterocycles. The molecule has 0 saturated heterocycles. The molecule has 0 bridgehead atoms. The first-order valence-electron chi connectivity index (χ1n) is 8.06. The lowest BCUT2D eigenvalue weighted by atomic mass is 10.3. The number of nitrogens with one attached hydrogen (secondary N) is 1. The lowest BCUT2D eigenvalue weighted by Crippen LogP contribution is -2.30. The number of hydrogen-bond acceptors (Lipinski definition) is 7. The fourth-order valence-electron chi connectivity index (χ4n) is 1.69. The Morgan fingerprint density at radius 1 is 1.08 bits per heavy atom. The number of aromatic nitrogens is 3.